The van der Waals surface area contributed by atoms with Gasteiger partial charge in [-0.2, -0.15) is 0 Å². The molecule has 0 aliphatic heterocycles. The Hall–Kier alpha value is -4.94. The van der Waals surface area contributed by atoms with Crippen LogP contribution in [0.25, 0.3) is 66.1 Å². The molecule has 0 amide bonds. The van der Waals surface area contributed by atoms with Gasteiger partial charge in [0.25, 0.3) is 0 Å². The molecule has 0 spiro atoms. The molecule has 184 valence electrons. The third-order valence-electron chi connectivity index (χ3n) is 7.71. The molecule has 0 aliphatic carbocycles. The van der Waals surface area contributed by atoms with Crippen molar-refractivity contribution in [3.63, 3.8) is 0 Å². The fraction of sp³-hybridized carbons (Fsp3) is 0.0256. The maximum absolute atomic E-state index is 2.36. The zero-order valence-corrected chi connectivity index (χ0v) is 21.9. The molecule has 0 N–H and O–H groups in total. The first-order valence-electron chi connectivity index (χ1n) is 13.5. The molecule has 7 aromatic carbocycles. The van der Waals surface area contributed by atoms with E-state index in [2.05, 4.69) is 159 Å². The lowest BCUT2D eigenvalue weighted by Crippen LogP contribution is -1.92. The normalized spacial score (nSPS) is 11.2. The SMILES string of the molecule is Cc1ccc(-c2c3ccccc3c(-c3cc(-c4ccccc4)cc(-c4ccccc4)c3)c3ccccc23)cc1. The largest absolute Gasteiger partial charge is 0.0622 e. The summed E-state index contributed by atoms with van der Waals surface area (Å²) in [6.45, 7) is 2.15. The van der Waals surface area contributed by atoms with Gasteiger partial charge < -0.3 is 0 Å². The molecule has 0 atom stereocenters. The van der Waals surface area contributed by atoms with Crippen LogP contribution in [-0.4, -0.2) is 0 Å². The average molecular weight is 497 g/mol. The lowest BCUT2D eigenvalue weighted by atomic mass is 9.84. The standard InChI is InChI=1S/C39H28/c1-27-20-22-30(23-21-27)38-34-16-8-10-18-36(34)39(37-19-11-9-17-35(37)38)33-25-31(28-12-4-2-5-13-28)24-32(26-33)29-14-6-3-7-15-29/h2-26H,1H3. The van der Waals surface area contributed by atoms with Crippen LogP contribution in [0.3, 0.4) is 0 Å². The Morgan fingerprint density at radius 2 is 0.641 bits per heavy atom. The maximum Gasteiger partial charge on any atom is -0.00259 e. The van der Waals surface area contributed by atoms with E-state index in [-0.39, 0.29) is 0 Å². The van der Waals surface area contributed by atoms with Crippen LogP contribution in [-0.2, 0) is 0 Å². The zero-order valence-electron chi connectivity index (χ0n) is 21.9. The molecule has 0 heterocycles. The van der Waals surface area contributed by atoms with Crippen LogP contribution >= 0.6 is 0 Å². The Balaban J connectivity index is 1.59. The van der Waals surface area contributed by atoms with E-state index in [0.717, 1.165) is 0 Å². The van der Waals surface area contributed by atoms with E-state index in [1.807, 2.05) is 0 Å². The van der Waals surface area contributed by atoms with Crippen molar-refractivity contribution in [1.82, 2.24) is 0 Å². The van der Waals surface area contributed by atoms with E-state index < -0.39 is 0 Å². The summed E-state index contributed by atoms with van der Waals surface area (Å²) < 4.78 is 0. The van der Waals surface area contributed by atoms with E-state index in [1.165, 1.54) is 71.6 Å². The zero-order chi connectivity index (χ0) is 26.2. The summed E-state index contributed by atoms with van der Waals surface area (Å²) in [6.07, 6.45) is 0. The Morgan fingerprint density at radius 1 is 0.282 bits per heavy atom. The van der Waals surface area contributed by atoms with Gasteiger partial charge in [0.05, 0.1) is 0 Å². The van der Waals surface area contributed by atoms with Crippen LogP contribution in [0.2, 0.25) is 0 Å². The van der Waals surface area contributed by atoms with E-state index in [0.29, 0.717) is 0 Å². The number of hydrogen-bond acceptors (Lipinski definition) is 0. The molecule has 0 unspecified atom stereocenters. The van der Waals surface area contributed by atoms with Crippen LogP contribution < -0.4 is 0 Å². The Kier molecular flexibility index (Phi) is 5.79. The Bertz CT molecular complexity index is 1810. The van der Waals surface area contributed by atoms with Crippen molar-refractivity contribution in [2.24, 2.45) is 0 Å². The molecular formula is C39H28. The second-order valence-corrected chi connectivity index (χ2v) is 10.2. The summed E-state index contributed by atoms with van der Waals surface area (Å²) in [7, 11) is 0. The Morgan fingerprint density at radius 3 is 1.08 bits per heavy atom. The molecule has 0 aromatic heterocycles. The fourth-order valence-corrected chi connectivity index (χ4v) is 5.84. The molecule has 7 rings (SSSR count). The van der Waals surface area contributed by atoms with E-state index >= 15 is 0 Å². The first-order chi connectivity index (χ1) is 19.3. The van der Waals surface area contributed by atoms with Gasteiger partial charge >= 0.3 is 0 Å². The quantitative estimate of drug-likeness (QED) is 0.213. The van der Waals surface area contributed by atoms with Crippen molar-refractivity contribution in [2.75, 3.05) is 0 Å². The number of aryl methyl sites for hydroxylation is 1. The van der Waals surface area contributed by atoms with Gasteiger partial charge in [-0.3, -0.25) is 0 Å². The van der Waals surface area contributed by atoms with Crippen molar-refractivity contribution < 1.29 is 0 Å². The monoisotopic (exact) mass is 496 g/mol. The van der Waals surface area contributed by atoms with Crippen molar-refractivity contribution in [2.45, 2.75) is 6.92 Å². The molecule has 0 fully saturated rings. The molecular weight excluding hydrogens is 468 g/mol. The highest BCUT2D eigenvalue weighted by atomic mass is 14.2. The van der Waals surface area contributed by atoms with Crippen LogP contribution in [0.4, 0.5) is 0 Å². The van der Waals surface area contributed by atoms with Crippen LogP contribution in [0.1, 0.15) is 5.56 Å². The lowest BCUT2D eigenvalue weighted by molar-refractivity contribution is 1.47. The van der Waals surface area contributed by atoms with Gasteiger partial charge in [0.2, 0.25) is 0 Å². The summed E-state index contributed by atoms with van der Waals surface area (Å²) in [5.41, 5.74) is 11.2. The molecule has 0 nitrogen and oxygen atoms in total. The molecule has 7 aromatic rings. The third kappa shape index (κ3) is 4.21. The molecule has 39 heavy (non-hydrogen) atoms. The second kappa shape index (κ2) is 9.74. The maximum atomic E-state index is 2.36. The summed E-state index contributed by atoms with van der Waals surface area (Å²) in [4.78, 5) is 0. The molecule has 0 saturated heterocycles. The van der Waals surface area contributed by atoms with Gasteiger partial charge in [-0.1, -0.05) is 139 Å². The van der Waals surface area contributed by atoms with E-state index in [9.17, 15) is 0 Å². The van der Waals surface area contributed by atoms with Crippen LogP contribution in [0.5, 0.6) is 0 Å². The van der Waals surface area contributed by atoms with Gasteiger partial charge in [-0.15, -0.1) is 0 Å². The number of fused-ring (bicyclic) bond motifs is 2. The van der Waals surface area contributed by atoms with E-state index in [4.69, 9.17) is 0 Å². The summed E-state index contributed by atoms with van der Waals surface area (Å²) in [5, 5.41) is 5.11. The highest BCUT2D eigenvalue weighted by Crippen LogP contribution is 2.45. The van der Waals surface area contributed by atoms with Gasteiger partial charge in [0.1, 0.15) is 0 Å². The summed E-state index contributed by atoms with van der Waals surface area (Å²) in [5.74, 6) is 0. The first-order valence-corrected chi connectivity index (χ1v) is 13.5. The van der Waals surface area contributed by atoms with Gasteiger partial charge in [0, 0.05) is 0 Å². The predicted molar refractivity (Wildman–Crippen MR) is 168 cm³/mol. The predicted octanol–water partition coefficient (Wildman–Crippen LogP) is 11.0. The average Bonchev–Trinajstić information content (AvgIpc) is 3.01. The highest BCUT2D eigenvalue weighted by molar-refractivity contribution is 6.21. The second-order valence-electron chi connectivity index (χ2n) is 10.2. The fourth-order valence-electron chi connectivity index (χ4n) is 5.84. The molecule has 0 heteroatoms. The van der Waals surface area contributed by atoms with Crippen molar-refractivity contribution >= 4 is 21.5 Å². The van der Waals surface area contributed by atoms with Gasteiger partial charge in [-0.25, -0.2) is 0 Å². The van der Waals surface area contributed by atoms with Gasteiger partial charge in [-0.05, 0) is 91.2 Å². The van der Waals surface area contributed by atoms with Crippen molar-refractivity contribution in [3.8, 4) is 44.5 Å². The number of benzene rings is 7. The first kappa shape index (κ1) is 23.2. The molecule has 0 saturated carbocycles. The number of rotatable bonds is 4. The van der Waals surface area contributed by atoms with Crippen LogP contribution in [0.15, 0.2) is 152 Å². The number of hydrogen-bond donors (Lipinski definition) is 0. The Labute approximate surface area is 229 Å². The molecule has 0 aliphatic rings. The van der Waals surface area contributed by atoms with Crippen molar-refractivity contribution in [1.29, 1.82) is 0 Å². The van der Waals surface area contributed by atoms with Crippen LogP contribution in [0, 0.1) is 6.92 Å². The minimum Gasteiger partial charge on any atom is -0.0622 e. The molecule has 0 bridgehead atoms. The smallest absolute Gasteiger partial charge is 0.00259 e. The minimum atomic E-state index is 1.22. The van der Waals surface area contributed by atoms with Gasteiger partial charge in [0.15, 0.2) is 0 Å². The highest BCUT2D eigenvalue weighted by Gasteiger charge is 2.17. The van der Waals surface area contributed by atoms with E-state index in [1.54, 1.807) is 0 Å². The lowest BCUT2D eigenvalue weighted by Gasteiger charge is -2.19. The summed E-state index contributed by atoms with van der Waals surface area (Å²) in [6, 6.07) is 55.2. The molecule has 0 radical (unpaired) electrons. The third-order valence-corrected chi connectivity index (χ3v) is 7.71. The van der Waals surface area contributed by atoms with Crippen molar-refractivity contribution in [3.05, 3.63) is 157 Å². The topological polar surface area (TPSA) is 0 Å². The minimum absolute atomic E-state index is 1.22. The summed E-state index contributed by atoms with van der Waals surface area (Å²) >= 11 is 0.